The Morgan fingerprint density at radius 2 is 2.10 bits per heavy atom. The van der Waals surface area contributed by atoms with E-state index in [0.29, 0.717) is 0 Å². The van der Waals surface area contributed by atoms with E-state index >= 15 is 0 Å². The molecule has 0 aliphatic rings. The Labute approximate surface area is 130 Å². The largest absolute Gasteiger partial charge is 0.341 e. The number of aromatic nitrogens is 2. The van der Waals surface area contributed by atoms with Crippen molar-refractivity contribution < 1.29 is 4.39 Å². The van der Waals surface area contributed by atoms with Crippen LogP contribution >= 0.6 is 15.9 Å². The lowest BCUT2D eigenvalue weighted by atomic mass is 10.0. The van der Waals surface area contributed by atoms with E-state index in [4.69, 9.17) is 0 Å². The summed E-state index contributed by atoms with van der Waals surface area (Å²) in [4.78, 5) is 9.82. The summed E-state index contributed by atoms with van der Waals surface area (Å²) < 4.78 is 14.5. The number of fused-ring (bicyclic) bond motifs is 1. The molecule has 0 saturated heterocycles. The minimum absolute atomic E-state index is 0.236. The van der Waals surface area contributed by atoms with Crippen molar-refractivity contribution in [2.24, 2.45) is 0 Å². The van der Waals surface area contributed by atoms with Crippen LogP contribution in [0.1, 0.15) is 5.69 Å². The van der Waals surface area contributed by atoms with Crippen molar-refractivity contribution in [2.45, 2.75) is 6.54 Å². The normalized spacial score (nSPS) is 11.5. The van der Waals surface area contributed by atoms with Crippen molar-refractivity contribution in [3.63, 3.8) is 0 Å². The van der Waals surface area contributed by atoms with Crippen molar-refractivity contribution >= 4 is 27.0 Å². The summed E-state index contributed by atoms with van der Waals surface area (Å²) in [6.45, 7) is 0.736. The molecule has 0 aliphatic heterocycles. The first-order valence-corrected chi connectivity index (χ1v) is 7.40. The molecule has 0 radical (unpaired) electrons. The fourth-order valence-corrected chi connectivity index (χ4v) is 2.84. The maximum atomic E-state index is 13.6. The van der Waals surface area contributed by atoms with Crippen LogP contribution in [0.5, 0.6) is 0 Å². The van der Waals surface area contributed by atoms with Crippen LogP contribution in [-0.4, -0.2) is 29.0 Å². The number of rotatable bonds is 3. The van der Waals surface area contributed by atoms with Crippen LogP contribution in [0.25, 0.3) is 22.2 Å². The average Bonchev–Trinajstić information content (AvgIpc) is 2.75. The predicted octanol–water partition coefficient (Wildman–Crippen LogP) is 4.19. The molecule has 0 atom stereocenters. The van der Waals surface area contributed by atoms with Crippen LogP contribution < -0.4 is 0 Å². The first-order chi connectivity index (χ1) is 10.0. The lowest BCUT2D eigenvalue weighted by molar-refractivity contribution is 0.398. The molecule has 21 heavy (non-hydrogen) atoms. The van der Waals surface area contributed by atoms with Gasteiger partial charge in [0.05, 0.1) is 0 Å². The highest BCUT2D eigenvalue weighted by Gasteiger charge is 2.15. The highest BCUT2D eigenvalue weighted by molar-refractivity contribution is 9.10. The van der Waals surface area contributed by atoms with E-state index in [0.717, 1.165) is 38.9 Å². The van der Waals surface area contributed by atoms with E-state index in [1.165, 1.54) is 6.07 Å². The maximum Gasteiger partial charge on any atom is 0.138 e. The lowest BCUT2D eigenvalue weighted by Crippen LogP contribution is -2.11. The maximum absolute atomic E-state index is 13.6. The number of benzene rings is 1. The Morgan fingerprint density at radius 3 is 2.81 bits per heavy atom. The van der Waals surface area contributed by atoms with Gasteiger partial charge in [-0.25, -0.2) is 9.37 Å². The summed E-state index contributed by atoms with van der Waals surface area (Å²) in [7, 11) is 4.01. The minimum Gasteiger partial charge on any atom is -0.341 e. The van der Waals surface area contributed by atoms with E-state index in [9.17, 15) is 4.39 Å². The molecule has 108 valence electrons. The average molecular weight is 348 g/mol. The number of hydrogen-bond donors (Lipinski definition) is 1. The zero-order valence-corrected chi connectivity index (χ0v) is 13.4. The molecule has 3 rings (SSSR count). The third kappa shape index (κ3) is 2.84. The molecule has 0 bridgehead atoms. The van der Waals surface area contributed by atoms with E-state index < -0.39 is 0 Å². The summed E-state index contributed by atoms with van der Waals surface area (Å²) >= 11 is 3.45. The number of halogens is 2. The smallest absolute Gasteiger partial charge is 0.138 e. The number of pyridine rings is 1. The van der Waals surface area contributed by atoms with Gasteiger partial charge in [0, 0.05) is 33.9 Å². The second-order valence-corrected chi connectivity index (χ2v) is 6.19. The van der Waals surface area contributed by atoms with E-state index in [2.05, 4.69) is 30.8 Å². The second-order valence-electron chi connectivity index (χ2n) is 5.28. The molecule has 1 aromatic carbocycles. The fourth-order valence-electron chi connectivity index (χ4n) is 2.51. The summed E-state index contributed by atoms with van der Waals surface area (Å²) in [5.74, 6) is -0.236. The van der Waals surface area contributed by atoms with Gasteiger partial charge < -0.3 is 9.88 Å². The monoisotopic (exact) mass is 347 g/mol. The van der Waals surface area contributed by atoms with Crippen molar-refractivity contribution in [1.29, 1.82) is 0 Å². The van der Waals surface area contributed by atoms with Gasteiger partial charge >= 0.3 is 0 Å². The first kappa shape index (κ1) is 14.2. The van der Waals surface area contributed by atoms with Gasteiger partial charge in [0.1, 0.15) is 11.5 Å². The Bertz CT molecular complexity index is 795. The van der Waals surface area contributed by atoms with Crippen LogP contribution in [0.2, 0.25) is 0 Å². The molecule has 0 unspecified atom stereocenters. The number of nitrogens with zero attached hydrogens (tertiary/aromatic N) is 2. The van der Waals surface area contributed by atoms with Gasteiger partial charge in [-0.15, -0.1) is 0 Å². The van der Waals surface area contributed by atoms with Crippen molar-refractivity contribution in [3.8, 4) is 11.1 Å². The Kier molecular flexibility index (Phi) is 3.78. The van der Waals surface area contributed by atoms with Crippen LogP contribution in [0.15, 0.2) is 41.0 Å². The van der Waals surface area contributed by atoms with Crippen molar-refractivity contribution in [3.05, 3.63) is 52.5 Å². The molecule has 3 nitrogen and oxygen atoms in total. The van der Waals surface area contributed by atoms with E-state index in [1.54, 1.807) is 18.3 Å². The van der Waals surface area contributed by atoms with Gasteiger partial charge in [0.25, 0.3) is 0 Å². The van der Waals surface area contributed by atoms with Gasteiger partial charge in [0.15, 0.2) is 0 Å². The molecule has 0 fully saturated rings. The van der Waals surface area contributed by atoms with Gasteiger partial charge in [0.2, 0.25) is 0 Å². The molecular weight excluding hydrogens is 333 g/mol. The topological polar surface area (TPSA) is 31.9 Å². The highest BCUT2D eigenvalue weighted by atomic mass is 79.9. The number of nitrogens with one attached hydrogen (secondary N) is 1. The molecule has 0 spiro atoms. The Balaban J connectivity index is 2.28. The van der Waals surface area contributed by atoms with Crippen LogP contribution in [-0.2, 0) is 6.54 Å². The molecule has 5 heteroatoms. The van der Waals surface area contributed by atoms with Gasteiger partial charge in [-0.1, -0.05) is 12.1 Å². The van der Waals surface area contributed by atoms with Crippen LogP contribution in [0, 0.1) is 5.82 Å². The van der Waals surface area contributed by atoms with Crippen molar-refractivity contribution in [2.75, 3.05) is 14.1 Å². The first-order valence-electron chi connectivity index (χ1n) is 6.61. The summed E-state index contributed by atoms with van der Waals surface area (Å²) in [6, 6.07) is 8.68. The van der Waals surface area contributed by atoms with Crippen molar-refractivity contribution in [1.82, 2.24) is 14.9 Å². The minimum atomic E-state index is -0.236. The summed E-state index contributed by atoms with van der Waals surface area (Å²) in [5.41, 5.74) is 3.71. The van der Waals surface area contributed by atoms with Gasteiger partial charge in [-0.2, -0.15) is 0 Å². The number of H-pyrrole nitrogens is 1. The van der Waals surface area contributed by atoms with E-state index in [1.807, 2.05) is 26.2 Å². The van der Waals surface area contributed by atoms with Crippen LogP contribution in [0.3, 0.4) is 0 Å². The molecule has 2 heterocycles. The summed E-state index contributed by atoms with van der Waals surface area (Å²) in [6.07, 6.45) is 1.76. The second kappa shape index (κ2) is 5.58. The predicted molar refractivity (Wildman–Crippen MR) is 86.6 cm³/mol. The zero-order chi connectivity index (χ0) is 15.0. The standard InChI is InChI=1S/C16H15BrFN3/c1-21(2)9-14-15(10-4-3-5-12(18)6-10)13-7-11(17)8-19-16(13)20-14/h3-8H,9H2,1-2H3,(H,19,20). The molecule has 0 amide bonds. The Morgan fingerprint density at radius 1 is 1.29 bits per heavy atom. The summed E-state index contributed by atoms with van der Waals surface area (Å²) in [5, 5.41) is 0.992. The van der Waals surface area contributed by atoms with Crippen LogP contribution in [0.4, 0.5) is 4.39 Å². The molecule has 2 aromatic heterocycles. The SMILES string of the molecule is CN(C)Cc1[nH]c2ncc(Br)cc2c1-c1cccc(F)c1. The quantitative estimate of drug-likeness (QED) is 0.770. The molecule has 0 aliphatic carbocycles. The fraction of sp³-hybridized carbons (Fsp3) is 0.188. The lowest BCUT2D eigenvalue weighted by Gasteiger charge is -2.11. The third-order valence-corrected chi connectivity index (χ3v) is 3.72. The Hall–Kier alpha value is -1.72. The number of hydrogen-bond acceptors (Lipinski definition) is 2. The number of aromatic amines is 1. The third-order valence-electron chi connectivity index (χ3n) is 3.28. The molecule has 1 N–H and O–H groups in total. The highest BCUT2D eigenvalue weighted by Crippen LogP contribution is 2.33. The van der Waals surface area contributed by atoms with Gasteiger partial charge in [-0.3, -0.25) is 0 Å². The molecule has 3 aromatic rings. The van der Waals surface area contributed by atoms with Gasteiger partial charge in [-0.05, 0) is 53.8 Å². The zero-order valence-electron chi connectivity index (χ0n) is 11.8. The molecular formula is C16H15BrFN3. The van der Waals surface area contributed by atoms with E-state index in [-0.39, 0.29) is 5.82 Å². The molecule has 0 saturated carbocycles.